The summed E-state index contributed by atoms with van der Waals surface area (Å²) in [7, 11) is 0. The van der Waals surface area contributed by atoms with Crippen LogP contribution >= 0.6 is 34.2 Å². The lowest BCUT2D eigenvalue weighted by molar-refractivity contribution is 0.0783. The summed E-state index contributed by atoms with van der Waals surface area (Å²) in [5.74, 6) is -0.801. The first-order valence-electron chi connectivity index (χ1n) is 5.07. The van der Waals surface area contributed by atoms with Gasteiger partial charge in [0.15, 0.2) is 0 Å². The normalized spacial score (nSPS) is 19.8. The Morgan fingerprint density at radius 3 is 2.82 bits per heavy atom. The first kappa shape index (κ1) is 13.0. The molecular formula is C11H9ClF2INO. The maximum absolute atomic E-state index is 13.2. The second kappa shape index (κ2) is 5.06. The van der Waals surface area contributed by atoms with Gasteiger partial charge in [-0.25, -0.2) is 8.78 Å². The molecule has 1 aromatic rings. The van der Waals surface area contributed by atoms with E-state index < -0.39 is 12.0 Å². The summed E-state index contributed by atoms with van der Waals surface area (Å²) in [6.07, 6.45) is -0.626. The van der Waals surface area contributed by atoms with Gasteiger partial charge in [0.05, 0.1) is 17.1 Å². The minimum Gasteiger partial charge on any atom is -0.336 e. The number of likely N-dealkylation sites (tertiary alicyclic amines) is 1. The summed E-state index contributed by atoms with van der Waals surface area (Å²) in [4.78, 5) is 13.4. The van der Waals surface area contributed by atoms with Gasteiger partial charge in [-0.15, -0.1) is 0 Å². The number of carbonyl (C=O) groups is 1. The van der Waals surface area contributed by atoms with E-state index in [0.29, 0.717) is 16.5 Å². The smallest absolute Gasteiger partial charge is 0.255 e. The van der Waals surface area contributed by atoms with E-state index in [9.17, 15) is 13.6 Å². The average molecular weight is 372 g/mol. The second-order valence-electron chi connectivity index (χ2n) is 3.88. The molecule has 1 amide bonds. The minimum atomic E-state index is -0.975. The first-order valence-corrected chi connectivity index (χ1v) is 6.52. The van der Waals surface area contributed by atoms with Crippen molar-refractivity contribution in [2.45, 2.75) is 12.6 Å². The lowest BCUT2D eigenvalue weighted by atomic mass is 10.2. The van der Waals surface area contributed by atoms with Gasteiger partial charge in [0.25, 0.3) is 5.91 Å². The van der Waals surface area contributed by atoms with Crippen molar-refractivity contribution in [2.75, 3.05) is 13.1 Å². The molecule has 0 N–H and O–H groups in total. The molecule has 1 heterocycles. The maximum atomic E-state index is 13.2. The second-order valence-corrected chi connectivity index (χ2v) is 5.45. The van der Waals surface area contributed by atoms with Gasteiger partial charge in [0.2, 0.25) is 0 Å². The number of amides is 1. The van der Waals surface area contributed by atoms with Gasteiger partial charge >= 0.3 is 0 Å². The number of alkyl halides is 1. The zero-order chi connectivity index (χ0) is 12.6. The molecule has 1 aliphatic heterocycles. The van der Waals surface area contributed by atoms with E-state index in [1.807, 2.05) is 0 Å². The van der Waals surface area contributed by atoms with E-state index in [1.54, 1.807) is 22.6 Å². The summed E-state index contributed by atoms with van der Waals surface area (Å²) in [5.41, 5.74) is 0.228. The lowest BCUT2D eigenvalue weighted by Gasteiger charge is -2.16. The summed E-state index contributed by atoms with van der Waals surface area (Å²) >= 11 is 7.62. The zero-order valence-electron chi connectivity index (χ0n) is 8.72. The molecule has 1 aliphatic rings. The van der Waals surface area contributed by atoms with Crippen LogP contribution in [-0.4, -0.2) is 30.1 Å². The van der Waals surface area contributed by atoms with Crippen molar-refractivity contribution in [1.82, 2.24) is 4.90 Å². The van der Waals surface area contributed by atoms with Gasteiger partial charge in [-0.05, 0) is 41.1 Å². The van der Waals surface area contributed by atoms with Crippen molar-refractivity contribution in [1.29, 1.82) is 0 Å². The Morgan fingerprint density at radius 1 is 1.53 bits per heavy atom. The number of halogens is 4. The summed E-state index contributed by atoms with van der Waals surface area (Å²) in [6, 6.07) is 2.51. The summed E-state index contributed by atoms with van der Waals surface area (Å²) < 4.78 is 26.5. The van der Waals surface area contributed by atoms with Crippen molar-refractivity contribution in [3.8, 4) is 0 Å². The maximum Gasteiger partial charge on any atom is 0.255 e. The van der Waals surface area contributed by atoms with Crippen LogP contribution in [0.4, 0.5) is 8.78 Å². The fourth-order valence-corrected chi connectivity index (χ4v) is 2.46. The largest absolute Gasteiger partial charge is 0.336 e. The number of rotatable bonds is 1. The van der Waals surface area contributed by atoms with E-state index in [2.05, 4.69) is 0 Å². The van der Waals surface area contributed by atoms with Crippen molar-refractivity contribution in [2.24, 2.45) is 0 Å². The Kier molecular flexibility index (Phi) is 3.87. The zero-order valence-corrected chi connectivity index (χ0v) is 11.6. The van der Waals surface area contributed by atoms with Crippen molar-refractivity contribution in [3.63, 3.8) is 0 Å². The number of benzene rings is 1. The molecule has 1 saturated heterocycles. The third-order valence-electron chi connectivity index (χ3n) is 2.66. The highest BCUT2D eigenvalue weighted by molar-refractivity contribution is 14.1. The molecule has 1 atom stereocenters. The number of carbonyl (C=O) groups excluding carboxylic acids is 1. The predicted molar refractivity (Wildman–Crippen MR) is 69.5 cm³/mol. The highest BCUT2D eigenvalue weighted by Gasteiger charge is 2.28. The molecule has 1 aromatic carbocycles. The number of nitrogens with zero attached hydrogens (tertiary/aromatic N) is 1. The Morgan fingerprint density at radius 2 is 2.24 bits per heavy atom. The van der Waals surface area contributed by atoms with Crippen LogP contribution in [0.25, 0.3) is 0 Å². The van der Waals surface area contributed by atoms with Crippen molar-refractivity contribution >= 4 is 40.1 Å². The van der Waals surface area contributed by atoms with E-state index in [4.69, 9.17) is 11.6 Å². The SMILES string of the molecule is O=C(c1cc(I)c(F)cc1Cl)N1CC[C@H](F)C1. The van der Waals surface area contributed by atoms with Gasteiger partial charge in [-0.3, -0.25) is 4.79 Å². The molecule has 0 spiro atoms. The van der Waals surface area contributed by atoms with Crippen LogP contribution in [0.1, 0.15) is 16.8 Å². The molecule has 17 heavy (non-hydrogen) atoms. The third kappa shape index (κ3) is 2.70. The monoisotopic (exact) mass is 371 g/mol. The van der Waals surface area contributed by atoms with Crippen LogP contribution in [0, 0.1) is 9.39 Å². The quantitative estimate of drug-likeness (QED) is 0.548. The molecule has 0 unspecified atom stereocenters. The van der Waals surface area contributed by atoms with E-state index in [0.717, 1.165) is 6.07 Å². The fourth-order valence-electron chi connectivity index (χ4n) is 1.76. The highest BCUT2D eigenvalue weighted by Crippen LogP contribution is 2.25. The molecule has 0 aliphatic carbocycles. The Labute approximate surface area is 116 Å². The van der Waals surface area contributed by atoms with Crippen LogP contribution < -0.4 is 0 Å². The topological polar surface area (TPSA) is 20.3 Å². The predicted octanol–water partition coefficient (Wildman–Crippen LogP) is 3.27. The molecule has 92 valence electrons. The van der Waals surface area contributed by atoms with E-state index >= 15 is 0 Å². The highest BCUT2D eigenvalue weighted by atomic mass is 127. The summed E-state index contributed by atoms with van der Waals surface area (Å²) in [5, 5.41) is 0.0650. The molecular weight excluding hydrogens is 362 g/mol. The molecule has 0 radical (unpaired) electrons. The molecule has 2 nitrogen and oxygen atoms in total. The van der Waals surface area contributed by atoms with Gasteiger partial charge in [-0.2, -0.15) is 0 Å². The van der Waals surface area contributed by atoms with Gasteiger partial charge in [-0.1, -0.05) is 11.6 Å². The van der Waals surface area contributed by atoms with Crippen LogP contribution in [0.15, 0.2) is 12.1 Å². The fraction of sp³-hybridized carbons (Fsp3) is 0.364. The number of hydrogen-bond donors (Lipinski definition) is 0. The van der Waals surface area contributed by atoms with E-state index in [1.165, 1.54) is 11.0 Å². The van der Waals surface area contributed by atoms with Gasteiger partial charge in [0.1, 0.15) is 12.0 Å². The van der Waals surface area contributed by atoms with Crippen LogP contribution in [0.5, 0.6) is 0 Å². The number of hydrogen-bond acceptors (Lipinski definition) is 1. The molecule has 2 rings (SSSR count). The van der Waals surface area contributed by atoms with Crippen LogP contribution in [-0.2, 0) is 0 Å². The lowest BCUT2D eigenvalue weighted by Crippen LogP contribution is -2.29. The molecule has 6 heteroatoms. The molecule has 0 aromatic heterocycles. The molecule has 0 bridgehead atoms. The van der Waals surface area contributed by atoms with Crippen LogP contribution in [0.3, 0.4) is 0 Å². The summed E-state index contributed by atoms with van der Waals surface area (Å²) in [6.45, 7) is 0.466. The third-order valence-corrected chi connectivity index (χ3v) is 3.80. The van der Waals surface area contributed by atoms with Crippen molar-refractivity contribution < 1.29 is 13.6 Å². The molecule has 0 saturated carbocycles. The first-order chi connectivity index (χ1) is 7.99. The Bertz CT molecular complexity index is 469. The van der Waals surface area contributed by atoms with E-state index in [-0.39, 0.29) is 23.0 Å². The van der Waals surface area contributed by atoms with Gasteiger partial charge in [0, 0.05) is 10.1 Å². The van der Waals surface area contributed by atoms with Gasteiger partial charge < -0.3 is 4.90 Å². The Balaban J connectivity index is 2.28. The van der Waals surface area contributed by atoms with Crippen LogP contribution in [0.2, 0.25) is 5.02 Å². The Hall–Kier alpha value is -0.430. The standard InChI is InChI=1S/C11H9ClF2INO/c12-8-4-9(14)10(15)3-7(8)11(17)16-2-1-6(13)5-16/h3-4,6H,1-2,5H2/t6-/m0/s1. The van der Waals surface area contributed by atoms with Crippen molar-refractivity contribution in [3.05, 3.63) is 32.1 Å². The molecule has 1 fully saturated rings. The average Bonchev–Trinajstić information content (AvgIpc) is 2.69. The minimum absolute atomic E-state index is 0.0650.